The van der Waals surface area contributed by atoms with E-state index in [4.69, 9.17) is 0 Å². The van der Waals surface area contributed by atoms with Crippen LogP contribution in [0.2, 0.25) is 0 Å². The Labute approximate surface area is 152 Å². The predicted molar refractivity (Wildman–Crippen MR) is 99.0 cm³/mol. The molecule has 26 heavy (non-hydrogen) atoms. The molecule has 1 aliphatic heterocycles. The van der Waals surface area contributed by atoms with Crippen LogP contribution in [0.4, 0.5) is 5.82 Å². The molecule has 0 radical (unpaired) electrons. The van der Waals surface area contributed by atoms with Crippen LogP contribution in [0.5, 0.6) is 0 Å². The van der Waals surface area contributed by atoms with E-state index >= 15 is 0 Å². The zero-order chi connectivity index (χ0) is 17.7. The first kappa shape index (κ1) is 15.6. The maximum atomic E-state index is 12.7. The standard InChI is InChI=1S/C20H22N4O2/c25-19-9-13(11-24(19)14-7-8-14)21-18-10-16(20(26)22-12-5-6-12)15-3-1-2-4-17(15)23-18/h1-4,10,12-14H,5-9,11H2,(H,21,23)(H,22,26). The van der Waals surface area contributed by atoms with Crippen LogP contribution in [0.25, 0.3) is 10.9 Å². The Balaban J connectivity index is 1.42. The second-order valence-electron chi connectivity index (χ2n) is 7.64. The molecule has 6 heteroatoms. The van der Waals surface area contributed by atoms with Gasteiger partial charge in [-0.1, -0.05) is 18.2 Å². The van der Waals surface area contributed by atoms with Crippen molar-refractivity contribution >= 4 is 28.5 Å². The lowest BCUT2D eigenvalue weighted by Gasteiger charge is -2.17. The number of benzene rings is 1. The van der Waals surface area contributed by atoms with E-state index in [9.17, 15) is 9.59 Å². The smallest absolute Gasteiger partial charge is 0.252 e. The van der Waals surface area contributed by atoms with Gasteiger partial charge in [0.2, 0.25) is 5.91 Å². The Morgan fingerprint density at radius 2 is 1.92 bits per heavy atom. The summed E-state index contributed by atoms with van der Waals surface area (Å²) in [6, 6.07) is 10.3. The highest BCUT2D eigenvalue weighted by atomic mass is 16.2. The van der Waals surface area contributed by atoms with Crippen molar-refractivity contribution in [3.8, 4) is 0 Å². The summed E-state index contributed by atoms with van der Waals surface area (Å²) < 4.78 is 0. The van der Waals surface area contributed by atoms with E-state index in [0.29, 0.717) is 29.9 Å². The van der Waals surface area contributed by atoms with E-state index in [0.717, 1.165) is 43.1 Å². The minimum absolute atomic E-state index is 0.0451. The summed E-state index contributed by atoms with van der Waals surface area (Å²) in [5, 5.41) is 7.31. The number of hydrogen-bond donors (Lipinski definition) is 2. The maximum absolute atomic E-state index is 12.7. The van der Waals surface area contributed by atoms with Gasteiger partial charge in [0.05, 0.1) is 17.1 Å². The van der Waals surface area contributed by atoms with Gasteiger partial charge in [0.1, 0.15) is 5.82 Å². The molecule has 1 aromatic heterocycles. The van der Waals surface area contributed by atoms with Crippen LogP contribution in [0.15, 0.2) is 30.3 Å². The van der Waals surface area contributed by atoms with Crippen LogP contribution in [0.1, 0.15) is 42.5 Å². The van der Waals surface area contributed by atoms with Crippen LogP contribution in [-0.4, -0.2) is 46.4 Å². The molecular formula is C20H22N4O2. The van der Waals surface area contributed by atoms with Crippen molar-refractivity contribution in [2.45, 2.75) is 50.2 Å². The maximum Gasteiger partial charge on any atom is 0.252 e. The summed E-state index contributed by atoms with van der Waals surface area (Å²) >= 11 is 0. The highest BCUT2D eigenvalue weighted by molar-refractivity contribution is 6.07. The van der Waals surface area contributed by atoms with Crippen LogP contribution in [0, 0.1) is 0 Å². The molecule has 2 heterocycles. The number of para-hydroxylation sites is 1. The number of likely N-dealkylation sites (tertiary alicyclic amines) is 1. The number of nitrogens with zero attached hydrogens (tertiary/aromatic N) is 2. The highest BCUT2D eigenvalue weighted by Gasteiger charge is 2.39. The number of pyridine rings is 1. The van der Waals surface area contributed by atoms with Crippen molar-refractivity contribution < 1.29 is 9.59 Å². The number of amides is 2. The van der Waals surface area contributed by atoms with Crippen LogP contribution in [0.3, 0.4) is 0 Å². The summed E-state index contributed by atoms with van der Waals surface area (Å²) in [6.45, 7) is 0.724. The number of nitrogens with one attached hydrogen (secondary N) is 2. The molecular weight excluding hydrogens is 328 g/mol. The van der Waals surface area contributed by atoms with E-state index in [1.807, 2.05) is 35.2 Å². The average molecular weight is 350 g/mol. The monoisotopic (exact) mass is 350 g/mol. The zero-order valence-corrected chi connectivity index (χ0v) is 14.6. The Kier molecular flexibility index (Phi) is 3.58. The van der Waals surface area contributed by atoms with Gasteiger partial charge in [-0.3, -0.25) is 9.59 Å². The molecule has 0 bridgehead atoms. The molecule has 6 nitrogen and oxygen atoms in total. The molecule has 3 aliphatic rings. The van der Waals surface area contributed by atoms with Crippen molar-refractivity contribution in [2.24, 2.45) is 0 Å². The third-order valence-corrected chi connectivity index (χ3v) is 5.37. The second-order valence-corrected chi connectivity index (χ2v) is 7.64. The van der Waals surface area contributed by atoms with Gasteiger partial charge in [-0.2, -0.15) is 0 Å². The number of rotatable bonds is 5. The minimum Gasteiger partial charge on any atom is -0.365 e. The summed E-state index contributed by atoms with van der Waals surface area (Å²) in [5.41, 5.74) is 1.44. The fraction of sp³-hybridized carbons (Fsp3) is 0.450. The third kappa shape index (κ3) is 3.00. The normalized spacial score (nSPS) is 22.7. The van der Waals surface area contributed by atoms with E-state index in [1.165, 1.54) is 0 Å². The summed E-state index contributed by atoms with van der Waals surface area (Å²) in [7, 11) is 0. The predicted octanol–water partition coefficient (Wildman–Crippen LogP) is 2.30. The summed E-state index contributed by atoms with van der Waals surface area (Å²) in [4.78, 5) is 31.5. The molecule has 3 fully saturated rings. The Morgan fingerprint density at radius 3 is 2.69 bits per heavy atom. The molecule has 0 spiro atoms. The molecule has 1 aromatic carbocycles. The first-order chi connectivity index (χ1) is 12.7. The van der Waals surface area contributed by atoms with Crippen molar-refractivity contribution in [2.75, 3.05) is 11.9 Å². The molecule has 5 rings (SSSR count). The largest absolute Gasteiger partial charge is 0.365 e. The summed E-state index contributed by atoms with van der Waals surface area (Å²) in [5.74, 6) is 0.842. The molecule has 1 unspecified atom stereocenters. The number of carbonyl (C=O) groups excluding carboxylic acids is 2. The van der Waals surface area contributed by atoms with Gasteiger partial charge in [-0.15, -0.1) is 0 Å². The molecule has 2 aromatic rings. The first-order valence-electron chi connectivity index (χ1n) is 9.44. The number of fused-ring (bicyclic) bond motifs is 1. The van der Waals surface area contributed by atoms with Gasteiger partial charge < -0.3 is 15.5 Å². The van der Waals surface area contributed by atoms with Gasteiger partial charge in [-0.05, 0) is 37.8 Å². The van der Waals surface area contributed by atoms with E-state index < -0.39 is 0 Å². The zero-order valence-electron chi connectivity index (χ0n) is 14.6. The van der Waals surface area contributed by atoms with Gasteiger partial charge >= 0.3 is 0 Å². The fourth-order valence-corrected chi connectivity index (χ4v) is 3.70. The lowest BCUT2D eigenvalue weighted by molar-refractivity contribution is -0.128. The molecule has 2 saturated carbocycles. The van der Waals surface area contributed by atoms with Gasteiger partial charge in [0.25, 0.3) is 5.91 Å². The minimum atomic E-state index is -0.0451. The highest BCUT2D eigenvalue weighted by Crippen LogP contribution is 2.32. The first-order valence-corrected chi connectivity index (χ1v) is 9.44. The van der Waals surface area contributed by atoms with Crippen LogP contribution >= 0.6 is 0 Å². The lowest BCUT2D eigenvalue weighted by Crippen LogP contribution is -2.30. The quantitative estimate of drug-likeness (QED) is 0.868. The number of carbonyl (C=O) groups is 2. The van der Waals surface area contributed by atoms with Crippen LogP contribution in [-0.2, 0) is 4.79 Å². The topological polar surface area (TPSA) is 74.3 Å². The fourth-order valence-electron chi connectivity index (χ4n) is 3.70. The second kappa shape index (κ2) is 5.97. The molecule has 2 aliphatic carbocycles. The molecule has 1 atom stereocenters. The van der Waals surface area contributed by atoms with E-state index in [1.54, 1.807) is 0 Å². The SMILES string of the molecule is O=C(NC1CC1)c1cc(NC2CC(=O)N(C3CC3)C2)nc2ccccc12. The molecule has 2 amide bonds. The van der Waals surface area contributed by atoms with Crippen molar-refractivity contribution in [3.63, 3.8) is 0 Å². The molecule has 1 saturated heterocycles. The third-order valence-electron chi connectivity index (χ3n) is 5.37. The van der Waals surface area contributed by atoms with Crippen LogP contribution < -0.4 is 10.6 Å². The average Bonchev–Trinajstić information content (AvgIpc) is 3.55. The Bertz CT molecular complexity index is 889. The van der Waals surface area contributed by atoms with Gasteiger partial charge in [0, 0.05) is 30.4 Å². The Morgan fingerprint density at radius 1 is 1.12 bits per heavy atom. The van der Waals surface area contributed by atoms with E-state index in [-0.39, 0.29) is 17.9 Å². The van der Waals surface area contributed by atoms with Gasteiger partial charge in [-0.25, -0.2) is 4.98 Å². The van der Waals surface area contributed by atoms with E-state index in [2.05, 4.69) is 15.6 Å². The number of hydrogen-bond acceptors (Lipinski definition) is 4. The Hall–Kier alpha value is -2.63. The van der Waals surface area contributed by atoms with Crippen molar-refractivity contribution in [3.05, 3.63) is 35.9 Å². The van der Waals surface area contributed by atoms with Crippen molar-refractivity contribution in [1.82, 2.24) is 15.2 Å². The van der Waals surface area contributed by atoms with Gasteiger partial charge in [0.15, 0.2) is 0 Å². The van der Waals surface area contributed by atoms with Crippen molar-refractivity contribution in [1.29, 1.82) is 0 Å². The molecule has 2 N–H and O–H groups in total. The number of anilines is 1. The summed E-state index contributed by atoms with van der Waals surface area (Å²) in [6.07, 6.45) is 4.85. The molecule has 134 valence electrons. The lowest BCUT2D eigenvalue weighted by atomic mass is 10.1. The number of aromatic nitrogens is 1.